The molecule has 0 saturated heterocycles. The van der Waals surface area contributed by atoms with Gasteiger partial charge in [-0.1, -0.05) is 0 Å². The molecule has 0 aliphatic heterocycles. The summed E-state index contributed by atoms with van der Waals surface area (Å²) in [6.07, 6.45) is 0.529. The quantitative estimate of drug-likeness (QED) is 0.812. The van der Waals surface area contributed by atoms with Crippen molar-refractivity contribution < 1.29 is 18.7 Å². The summed E-state index contributed by atoms with van der Waals surface area (Å²) in [5.41, 5.74) is 0.140. The lowest BCUT2D eigenvalue weighted by atomic mass is 9.72. The predicted molar refractivity (Wildman–Crippen MR) is 79.0 cm³/mol. The minimum Gasteiger partial charge on any atom is -0.396 e. The summed E-state index contributed by atoms with van der Waals surface area (Å²) in [7, 11) is 0. The van der Waals surface area contributed by atoms with Crippen LogP contribution in [0.5, 0.6) is 0 Å². The summed E-state index contributed by atoms with van der Waals surface area (Å²) < 4.78 is 27.4. The number of carbonyl (C=O) groups is 1. The Morgan fingerprint density at radius 2 is 2.23 bits per heavy atom. The van der Waals surface area contributed by atoms with E-state index in [1.165, 1.54) is 12.1 Å². The fourth-order valence-corrected chi connectivity index (χ4v) is 3.11. The lowest BCUT2D eigenvalue weighted by molar-refractivity contribution is -0.0161. The van der Waals surface area contributed by atoms with Gasteiger partial charge in [-0.3, -0.25) is 4.79 Å². The van der Waals surface area contributed by atoms with Crippen molar-refractivity contribution in [2.45, 2.75) is 25.4 Å². The molecule has 2 aromatic rings. The van der Waals surface area contributed by atoms with Crippen LogP contribution in [0.15, 0.2) is 18.2 Å². The zero-order chi connectivity index (χ0) is 15.9. The Balaban J connectivity index is 1.72. The minimum absolute atomic E-state index is 0.0142. The Labute approximate surface area is 126 Å². The summed E-state index contributed by atoms with van der Waals surface area (Å²) in [6.45, 7) is 1.67. The highest BCUT2D eigenvalue weighted by molar-refractivity contribution is 6.00. The number of rotatable bonds is 4. The maximum atomic E-state index is 14.2. The molecule has 1 amide bonds. The van der Waals surface area contributed by atoms with E-state index in [2.05, 4.69) is 10.3 Å². The number of nitrogens with one attached hydrogen (secondary N) is 2. The Bertz CT molecular complexity index is 720. The maximum absolute atomic E-state index is 14.2. The molecule has 118 valence electrons. The van der Waals surface area contributed by atoms with Crippen LogP contribution >= 0.6 is 0 Å². The van der Waals surface area contributed by atoms with Crippen LogP contribution in [0.25, 0.3) is 10.9 Å². The van der Waals surface area contributed by atoms with Gasteiger partial charge >= 0.3 is 0 Å². The van der Waals surface area contributed by atoms with Gasteiger partial charge in [0.15, 0.2) is 0 Å². The maximum Gasteiger partial charge on any atom is 0.268 e. The molecule has 1 heterocycles. The molecule has 22 heavy (non-hydrogen) atoms. The van der Waals surface area contributed by atoms with E-state index in [1.807, 2.05) is 0 Å². The summed E-state index contributed by atoms with van der Waals surface area (Å²) in [5.74, 6) is -0.800. The number of benzene rings is 1. The third kappa shape index (κ3) is 2.59. The van der Waals surface area contributed by atoms with Gasteiger partial charge in [0.1, 0.15) is 17.2 Å². The van der Waals surface area contributed by atoms with Gasteiger partial charge in [0.25, 0.3) is 5.91 Å². The normalized spacial score (nSPS) is 24.3. The number of aliphatic hydroxyl groups is 1. The number of fused-ring (bicyclic) bond motifs is 1. The lowest BCUT2D eigenvalue weighted by Crippen LogP contribution is -2.49. The fraction of sp³-hybridized carbons (Fsp3) is 0.438. The smallest absolute Gasteiger partial charge is 0.268 e. The summed E-state index contributed by atoms with van der Waals surface area (Å²) in [5, 5.41) is 12.3. The number of carbonyl (C=O) groups excluding carboxylic acids is 1. The Kier molecular flexibility index (Phi) is 3.64. The van der Waals surface area contributed by atoms with Crippen LogP contribution < -0.4 is 5.32 Å². The molecule has 1 aliphatic carbocycles. The van der Waals surface area contributed by atoms with Gasteiger partial charge in [-0.2, -0.15) is 0 Å². The number of hydrogen-bond donors (Lipinski definition) is 3. The van der Waals surface area contributed by atoms with Crippen molar-refractivity contribution in [3.63, 3.8) is 0 Å². The standard InChI is InChI=1S/C16H18F2N2O2/c1-9-12-3-2-11(17)4-13(12)20-14(9)15(22)19-8-16(18)5-10(6-16)7-21/h2-4,10,20-21H,5-8H2,1H3,(H,19,22). The molecule has 3 rings (SSSR count). The number of H-pyrrole nitrogens is 1. The second-order valence-electron chi connectivity index (χ2n) is 6.11. The molecular weight excluding hydrogens is 290 g/mol. The van der Waals surface area contributed by atoms with E-state index in [0.717, 1.165) is 5.39 Å². The van der Waals surface area contributed by atoms with Crippen LogP contribution in [-0.4, -0.2) is 34.8 Å². The van der Waals surface area contributed by atoms with E-state index >= 15 is 0 Å². The van der Waals surface area contributed by atoms with E-state index in [4.69, 9.17) is 5.11 Å². The lowest BCUT2D eigenvalue weighted by Gasteiger charge is -2.40. The number of aromatic amines is 1. The molecule has 0 radical (unpaired) electrons. The molecule has 0 spiro atoms. The first-order valence-corrected chi connectivity index (χ1v) is 7.28. The third-order valence-electron chi connectivity index (χ3n) is 4.38. The number of aryl methyl sites for hydroxylation is 1. The summed E-state index contributed by atoms with van der Waals surface area (Å²) >= 11 is 0. The second kappa shape index (κ2) is 5.35. The first-order valence-electron chi connectivity index (χ1n) is 7.28. The zero-order valence-electron chi connectivity index (χ0n) is 12.2. The van der Waals surface area contributed by atoms with Crippen molar-refractivity contribution in [2.24, 2.45) is 5.92 Å². The molecule has 1 aliphatic rings. The van der Waals surface area contributed by atoms with E-state index in [1.54, 1.807) is 13.0 Å². The van der Waals surface area contributed by atoms with Gasteiger partial charge < -0.3 is 15.4 Å². The van der Waals surface area contributed by atoms with Crippen LogP contribution in [-0.2, 0) is 0 Å². The number of halogens is 2. The molecule has 0 unspecified atom stereocenters. The van der Waals surface area contributed by atoms with Gasteiger partial charge in [0.05, 0.1) is 6.54 Å². The molecule has 6 heteroatoms. The average molecular weight is 308 g/mol. The molecular formula is C16H18F2N2O2. The van der Waals surface area contributed by atoms with Crippen LogP contribution in [0.4, 0.5) is 8.78 Å². The Morgan fingerprint density at radius 3 is 2.91 bits per heavy atom. The summed E-state index contributed by atoms with van der Waals surface area (Å²) in [4.78, 5) is 15.1. The molecule has 0 atom stereocenters. The van der Waals surface area contributed by atoms with E-state index in [0.29, 0.717) is 16.8 Å². The molecule has 1 aromatic carbocycles. The topological polar surface area (TPSA) is 65.1 Å². The molecule has 4 nitrogen and oxygen atoms in total. The van der Waals surface area contributed by atoms with Gasteiger partial charge in [0, 0.05) is 17.5 Å². The van der Waals surface area contributed by atoms with Crippen molar-refractivity contribution in [3.8, 4) is 0 Å². The highest BCUT2D eigenvalue weighted by Crippen LogP contribution is 2.40. The average Bonchev–Trinajstić information content (AvgIpc) is 2.78. The first kappa shape index (κ1) is 15.0. The van der Waals surface area contributed by atoms with E-state index in [-0.39, 0.29) is 37.7 Å². The SMILES string of the molecule is Cc1c(C(=O)NCC2(F)CC(CO)C2)[nH]c2cc(F)ccc12. The minimum atomic E-state index is -1.44. The van der Waals surface area contributed by atoms with Crippen LogP contribution in [0.3, 0.4) is 0 Å². The highest BCUT2D eigenvalue weighted by Gasteiger charge is 2.44. The third-order valence-corrected chi connectivity index (χ3v) is 4.38. The first-order chi connectivity index (χ1) is 10.4. The van der Waals surface area contributed by atoms with Crippen LogP contribution in [0, 0.1) is 18.7 Å². The highest BCUT2D eigenvalue weighted by atomic mass is 19.1. The zero-order valence-corrected chi connectivity index (χ0v) is 12.2. The number of alkyl halides is 1. The molecule has 3 N–H and O–H groups in total. The molecule has 1 aromatic heterocycles. The van der Waals surface area contributed by atoms with E-state index in [9.17, 15) is 13.6 Å². The van der Waals surface area contributed by atoms with Gasteiger partial charge in [-0.25, -0.2) is 8.78 Å². The number of hydrogen-bond acceptors (Lipinski definition) is 2. The number of aliphatic hydroxyl groups excluding tert-OH is 1. The number of amides is 1. The van der Waals surface area contributed by atoms with Crippen molar-refractivity contribution in [1.82, 2.24) is 10.3 Å². The van der Waals surface area contributed by atoms with Crippen LogP contribution in [0.2, 0.25) is 0 Å². The Hall–Kier alpha value is -1.95. The largest absolute Gasteiger partial charge is 0.396 e. The second-order valence-corrected chi connectivity index (χ2v) is 6.11. The fourth-order valence-electron chi connectivity index (χ4n) is 3.11. The molecule has 1 fully saturated rings. The van der Waals surface area contributed by atoms with E-state index < -0.39 is 11.6 Å². The van der Waals surface area contributed by atoms with Crippen molar-refractivity contribution >= 4 is 16.8 Å². The van der Waals surface area contributed by atoms with Gasteiger partial charge in [-0.15, -0.1) is 0 Å². The predicted octanol–water partition coefficient (Wildman–Crippen LogP) is 2.46. The van der Waals surface area contributed by atoms with Crippen molar-refractivity contribution in [2.75, 3.05) is 13.2 Å². The molecule has 0 bridgehead atoms. The number of aromatic nitrogens is 1. The summed E-state index contributed by atoms with van der Waals surface area (Å²) in [6, 6.07) is 4.28. The Morgan fingerprint density at radius 1 is 1.50 bits per heavy atom. The van der Waals surface area contributed by atoms with Crippen molar-refractivity contribution in [1.29, 1.82) is 0 Å². The monoisotopic (exact) mass is 308 g/mol. The van der Waals surface area contributed by atoms with Crippen LogP contribution in [0.1, 0.15) is 28.9 Å². The van der Waals surface area contributed by atoms with Gasteiger partial charge in [0.2, 0.25) is 0 Å². The van der Waals surface area contributed by atoms with Gasteiger partial charge in [-0.05, 0) is 49.4 Å². The van der Waals surface area contributed by atoms with Crippen molar-refractivity contribution in [3.05, 3.63) is 35.3 Å². The molecule has 1 saturated carbocycles.